The standard InChI is InChI=1S/C16H13NO5S/c1-21-16(20)12-6-7-13(23-12)17-14(18)11-8-9-4-2-3-5-10(9)15(19)22-11/h2-7,11H,8H2,1H3,(H,17,18)/t11-/m1/s1. The lowest BCUT2D eigenvalue weighted by atomic mass is 9.98. The number of carbonyl (C=O) groups excluding carboxylic acids is 3. The fourth-order valence-corrected chi connectivity index (χ4v) is 3.12. The lowest BCUT2D eigenvalue weighted by Crippen LogP contribution is -2.37. The van der Waals surface area contributed by atoms with Crippen LogP contribution in [0.25, 0.3) is 0 Å². The molecule has 1 atom stereocenters. The van der Waals surface area contributed by atoms with Gasteiger partial charge < -0.3 is 14.8 Å². The molecule has 2 aromatic rings. The first-order chi connectivity index (χ1) is 11.1. The average Bonchev–Trinajstić information content (AvgIpc) is 3.02. The van der Waals surface area contributed by atoms with E-state index in [0.717, 1.165) is 16.9 Å². The summed E-state index contributed by atoms with van der Waals surface area (Å²) >= 11 is 1.10. The monoisotopic (exact) mass is 331 g/mol. The van der Waals surface area contributed by atoms with E-state index >= 15 is 0 Å². The number of cyclic esters (lactones) is 1. The highest BCUT2D eigenvalue weighted by Gasteiger charge is 2.31. The van der Waals surface area contributed by atoms with E-state index in [2.05, 4.69) is 10.1 Å². The Morgan fingerprint density at radius 3 is 2.83 bits per heavy atom. The number of methoxy groups -OCH3 is 1. The summed E-state index contributed by atoms with van der Waals surface area (Å²) < 4.78 is 9.80. The Hall–Kier alpha value is -2.67. The number of esters is 2. The molecule has 118 valence electrons. The van der Waals surface area contributed by atoms with Crippen molar-refractivity contribution in [3.05, 3.63) is 52.4 Å². The minimum absolute atomic E-state index is 0.322. The molecule has 1 amide bonds. The zero-order valence-corrected chi connectivity index (χ0v) is 13.0. The van der Waals surface area contributed by atoms with E-state index in [1.807, 2.05) is 6.07 Å². The number of hydrogen-bond donors (Lipinski definition) is 1. The van der Waals surface area contributed by atoms with Gasteiger partial charge in [-0.05, 0) is 23.8 Å². The second-order valence-corrected chi connectivity index (χ2v) is 5.98. The maximum Gasteiger partial charge on any atom is 0.348 e. The van der Waals surface area contributed by atoms with Crippen molar-refractivity contribution in [3.8, 4) is 0 Å². The summed E-state index contributed by atoms with van der Waals surface area (Å²) in [5.41, 5.74) is 1.27. The van der Waals surface area contributed by atoms with Gasteiger partial charge in [0.15, 0.2) is 6.10 Å². The summed E-state index contributed by atoms with van der Waals surface area (Å²) in [6.45, 7) is 0. The number of fused-ring (bicyclic) bond motifs is 1. The summed E-state index contributed by atoms with van der Waals surface area (Å²) in [5, 5.41) is 3.15. The van der Waals surface area contributed by atoms with E-state index in [4.69, 9.17) is 4.74 Å². The lowest BCUT2D eigenvalue weighted by molar-refractivity contribution is -0.125. The molecule has 1 aromatic carbocycles. The van der Waals surface area contributed by atoms with Gasteiger partial charge in [0.05, 0.1) is 17.7 Å². The molecule has 0 spiro atoms. The van der Waals surface area contributed by atoms with E-state index in [-0.39, 0.29) is 0 Å². The largest absolute Gasteiger partial charge is 0.465 e. The van der Waals surface area contributed by atoms with Crippen molar-refractivity contribution in [2.75, 3.05) is 12.4 Å². The average molecular weight is 331 g/mol. The molecule has 0 unspecified atom stereocenters. The zero-order chi connectivity index (χ0) is 16.4. The van der Waals surface area contributed by atoms with Gasteiger partial charge >= 0.3 is 11.9 Å². The molecule has 3 rings (SSSR count). The fraction of sp³-hybridized carbons (Fsp3) is 0.188. The Morgan fingerprint density at radius 1 is 1.26 bits per heavy atom. The summed E-state index contributed by atoms with van der Waals surface area (Å²) in [4.78, 5) is 36.0. The van der Waals surface area contributed by atoms with Gasteiger partial charge in [-0.1, -0.05) is 18.2 Å². The summed E-state index contributed by atoms with van der Waals surface area (Å²) in [5.74, 6) is -1.40. The molecule has 6 nitrogen and oxygen atoms in total. The van der Waals surface area contributed by atoms with Crippen LogP contribution in [-0.2, 0) is 20.7 Å². The van der Waals surface area contributed by atoms with Crippen molar-refractivity contribution in [1.82, 2.24) is 0 Å². The predicted molar refractivity (Wildman–Crippen MR) is 83.6 cm³/mol. The third kappa shape index (κ3) is 3.09. The molecule has 0 saturated heterocycles. The molecule has 0 aliphatic carbocycles. The highest BCUT2D eigenvalue weighted by atomic mass is 32.1. The van der Waals surface area contributed by atoms with Crippen LogP contribution in [0.3, 0.4) is 0 Å². The van der Waals surface area contributed by atoms with Gasteiger partial charge in [-0.2, -0.15) is 0 Å². The van der Waals surface area contributed by atoms with E-state index in [1.54, 1.807) is 30.3 Å². The number of ether oxygens (including phenoxy) is 2. The third-order valence-electron chi connectivity index (χ3n) is 3.42. The van der Waals surface area contributed by atoms with Crippen LogP contribution >= 0.6 is 11.3 Å². The van der Waals surface area contributed by atoms with Crippen LogP contribution in [0.15, 0.2) is 36.4 Å². The Kier molecular flexibility index (Phi) is 4.12. The minimum atomic E-state index is -0.888. The Bertz CT molecular complexity index is 782. The lowest BCUT2D eigenvalue weighted by Gasteiger charge is -2.23. The van der Waals surface area contributed by atoms with Crippen molar-refractivity contribution in [3.63, 3.8) is 0 Å². The van der Waals surface area contributed by atoms with Gasteiger partial charge in [0.1, 0.15) is 4.88 Å². The van der Waals surface area contributed by atoms with E-state index in [0.29, 0.717) is 21.9 Å². The minimum Gasteiger partial charge on any atom is -0.465 e. The van der Waals surface area contributed by atoms with Crippen LogP contribution in [-0.4, -0.2) is 31.1 Å². The van der Waals surface area contributed by atoms with Gasteiger partial charge in [0.2, 0.25) is 0 Å². The molecule has 0 saturated carbocycles. The Labute approximate surface area is 136 Å². The number of thiophene rings is 1. The van der Waals surface area contributed by atoms with E-state index in [1.165, 1.54) is 7.11 Å². The maximum atomic E-state index is 12.3. The van der Waals surface area contributed by atoms with Crippen molar-refractivity contribution in [2.45, 2.75) is 12.5 Å². The molecule has 1 aliphatic heterocycles. The highest BCUT2D eigenvalue weighted by molar-refractivity contribution is 7.18. The molecule has 2 heterocycles. The van der Waals surface area contributed by atoms with Gasteiger partial charge in [-0.15, -0.1) is 11.3 Å². The molecule has 1 N–H and O–H groups in total. The third-order valence-corrected chi connectivity index (χ3v) is 4.40. The van der Waals surface area contributed by atoms with Gasteiger partial charge in [0.25, 0.3) is 5.91 Å². The quantitative estimate of drug-likeness (QED) is 0.873. The molecule has 0 bridgehead atoms. The van der Waals surface area contributed by atoms with E-state index in [9.17, 15) is 14.4 Å². The molecule has 23 heavy (non-hydrogen) atoms. The van der Waals surface area contributed by atoms with Crippen molar-refractivity contribution < 1.29 is 23.9 Å². The number of nitrogens with one attached hydrogen (secondary N) is 1. The summed E-state index contributed by atoms with van der Waals surface area (Å²) in [7, 11) is 1.29. The predicted octanol–water partition coefficient (Wildman–Crippen LogP) is 2.25. The number of anilines is 1. The number of hydrogen-bond acceptors (Lipinski definition) is 6. The highest BCUT2D eigenvalue weighted by Crippen LogP contribution is 2.25. The van der Waals surface area contributed by atoms with Gasteiger partial charge in [-0.3, -0.25) is 4.79 Å². The fourth-order valence-electron chi connectivity index (χ4n) is 2.30. The molecule has 0 radical (unpaired) electrons. The first-order valence-corrected chi connectivity index (χ1v) is 7.68. The number of carbonyl (C=O) groups is 3. The van der Waals surface area contributed by atoms with Crippen LogP contribution in [0.2, 0.25) is 0 Å². The van der Waals surface area contributed by atoms with Crippen LogP contribution < -0.4 is 5.32 Å². The van der Waals surface area contributed by atoms with Crippen molar-refractivity contribution in [1.29, 1.82) is 0 Å². The van der Waals surface area contributed by atoms with Crippen LogP contribution in [0.5, 0.6) is 0 Å². The van der Waals surface area contributed by atoms with Crippen molar-refractivity contribution >= 4 is 34.2 Å². The topological polar surface area (TPSA) is 81.7 Å². The first kappa shape index (κ1) is 15.2. The van der Waals surface area contributed by atoms with Crippen LogP contribution in [0, 0.1) is 0 Å². The number of rotatable bonds is 3. The molecular formula is C16H13NO5S. The van der Waals surface area contributed by atoms with Gasteiger partial charge in [-0.25, -0.2) is 9.59 Å². The molecular weight excluding hydrogens is 318 g/mol. The Morgan fingerprint density at radius 2 is 2.04 bits per heavy atom. The van der Waals surface area contributed by atoms with Crippen LogP contribution in [0.4, 0.5) is 5.00 Å². The SMILES string of the molecule is COC(=O)c1ccc(NC(=O)[C@H]2Cc3ccccc3C(=O)O2)s1. The summed E-state index contributed by atoms with van der Waals surface area (Å²) in [6.07, 6.45) is -0.565. The molecule has 1 aliphatic rings. The summed E-state index contributed by atoms with van der Waals surface area (Å²) in [6, 6.07) is 10.2. The maximum absolute atomic E-state index is 12.3. The second-order valence-electron chi connectivity index (χ2n) is 4.90. The van der Waals surface area contributed by atoms with Gasteiger partial charge in [0, 0.05) is 6.42 Å². The normalized spacial score (nSPS) is 16.2. The molecule has 0 fully saturated rings. The van der Waals surface area contributed by atoms with E-state index < -0.39 is 23.9 Å². The van der Waals surface area contributed by atoms with Crippen molar-refractivity contribution in [2.24, 2.45) is 0 Å². The zero-order valence-electron chi connectivity index (χ0n) is 12.2. The number of amides is 1. The Balaban J connectivity index is 1.71. The molecule has 7 heteroatoms. The molecule has 1 aromatic heterocycles. The second kappa shape index (κ2) is 6.21. The van der Waals surface area contributed by atoms with Crippen LogP contribution in [0.1, 0.15) is 25.6 Å². The first-order valence-electron chi connectivity index (χ1n) is 6.86. The number of benzene rings is 1. The smallest absolute Gasteiger partial charge is 0.348 e.